The molecule has 0 aliphatic carbocycles. The molecule has 1 saturated heterocycles. The van der Waals surface area contributed by atoms with Crippen molar-refractivity contribution < 1.29 is 4.79 Å². The van der Waals surface area contributed by atoms with Crippen LogP contribution in [0, 0.1) is 5.92 Å². The van der Waals surface area contributed by atoms with Crippen molar-refractivity contribution in [3.63, 3.8) is 0 Å². The van der Waals surface area contributed by atoms with E-state index in [1.165, 1.54) is 17.5 Å². The summed E-state index contributed by atoms with van der Waals surface area (Å²) in [6.07, 6.45) is 2.90. The first-order valence-corrected chi connectivity index (χ1v) is 8.14. The number of likely N-dealkylation sites (tertiary alicyclic amines) is 1. The number of amides is 1. The number of carbonyl (C=O) groups excluding carboxylic acids is 1. The zero-order valence-corrected chi connectivity index (χ0v) is 13.2. The molecule has 1 fully saturated rings. The van der Waals surface area contributed by atoms with Gasteiger partial charge in [-0.05, 0) is 35.4 Å². The van der Waals surface area contributed by atoms with Gasteiger partial charge < -0.3 is 4.90 Å². The molecule has 1 aliphatic rings. The molecule has 0 radical (unpaired) electrons. The standard InChI is InChI=1S/C20H23NO/c1-16-6-5-13-21(15-16)20(22)14-17-9-11-19(12-10-17)18-7-3-2-4-8-18/h2-4,7-12,16H,5-6,13-15H2,1H3. The maximum atomic E-state index is 12.4. The Kier molecular flexibility index (Phi) is 4.57. The third-order valence-corrected chi connectivity index (χ3v) is 4.43. The first kappa shape index (κ1) is 14.8. The van der Waals surface area contributed by atoms with Gasteiger partial charge in [0.05, 0.1) is 6.42 Å². The molecule has 0 bridgehead atoms. The van der Waals surface area contributed by atoms with Gasteiger partial charge in [0.1, 0.15) is 0 Å². The molecule has 2 heteroatoms. The summed E-state index contributed by atoms with van der Waals surface area (Å²) in [6, 6.07) is 18.7. The Morgan fingerprint density at radius 3 is 2.41 bits per heavy atom. The van der Waals surface area contributed by atoms with Gasteiger partial charge in [0.15, 0.2) is 0 Å². The predicted molar refractivity (Wildman–Crippen MR) is 90.6 cm³/mol. The Morgan fingerprint density at radius 2 is 1.73 bits per heavy atom. The van der Waals surface area contributed by atoms with E-state index in [0.29, 0.717) is 12.3 Å². The molecule has 2 nitrogen and oxygen atoms in total. The SMILES string of the molecule is CC1CCCN(C(=O)Cc2ccc(-c3ccccc3)cc2)C1. The van der Waals surface area contributed by atoms with Crippen LogP contribution in [0.25, 0.3) is 11.1 Å². The van der Waals surface area contributed by atoms with E-state index >= 15 is 0 Å². The Labute approximate surface area is 132 Å². The monoisotopic (exact) mass is 293 g/mol. The van der Waals surface area contributed by atoms with Gasteiger partial charge in [-0.25, -0.2) is 0 Å². The number of rotatable bonds is 3. The molecule has 2 aromatic rings. The molecule has 1 unspecified atom stereocenters. The van der Waals surface area contributed by atoms with Gasteiger partial charge in [-0.3, -0.25) is 4.79 Å². The summed E-state index contributed by atoms with van der Waals surface area (Å²) in [5.41, 5.74) is 3.51. The van der Waals surface area contributed by atoms with Gasteiger partial charge in [0.2, 0.25) is 5.91 Å². The molecule has 1 aliphatic heterocycles. The molecule has 1 amide bonds. The topological polar surface area (TPSA) is 20.3 Å². The molecule has 0 aromatic heterocycles. The van der Waals surface area contributed by atoms with Crippen molar-refractivity contribution >= 4 is 5.91 Å². The summed E-state index contributed by atoms with van der Waals surface area (Å²) in [6.45, 7) is 4.07. The minimum Gasteiger partial charge on any atom is -0.342 e. The second-order valence-electron chi connectivity index (χ2n) is 6.33. The smallest absolute Gasteiger partial charge is 0.226 e. The summed E-state index contributed by atoms with van der Waals surface area (Å²) in [7, 11) is 0. The molecular weight excluding hydrogens is 270 g/mol. The van der Waals surface area contributed by atoms with Crippen LogP contribution in [-0.2, 0) is 11.2 Å². The fraction of sp³-hybridized carbons (Fsp3) is 0.350. The highest BCUT2D eigenvalue weighted by Crippen LogP contribution is 2.20. The second kappa shape index (κ2) is 6.78. The zero-order valence-electron chi connectivity index (χ0n) is 13.2. The summed E-state index contributed by atoms with van der Waals surface area (Å²) < 4.78 is 0. The van der Waals surface area contributed by atoms with E-state index in [0.717, 1.165) is 25.1 Å². The fourth-order valence-corrected chi connectivity index (χ4v) is 3.15. The van der Waals surface area contributed by atoms with Crippen molar-refractivity contribution in [1.29, 1.82) is 0 Å². The van der Waals surface area contributed by atoms with Gasteiger partial charge >= 0.3 is 0 Å². The van der Waals surface area contributed by atoms with E-state index in [9.17, 15) is 4.79 Å². The molecule has 0 spiro atoms. The molecule has 1 atom stereocenters. The quantitative estimate of drug-likeness (QED) is 0.832. The second-order valence-corrected chi connectivity index (χ2v) is 6.33. The van der Waals surface area contributed by atoms with Crippen LogP contribution in [0.1, 0.15) is 25.3 Å². The van der Waals surface area contributed by atoms with Crippen molar-refractivity contribution in [2.45, 2.75) is 26.2 Å². The van der Waals surface area contributed by atoms with Crippen molar-refractivity contribution in [3.05, 3.63) is 60.2 Å². The zero-order chi connectivity index (χ0) is 15.4. The lowest BCUT2D eigenvalue weighted by atomic mass is 9.99. The van der Waals surface area contributed by atoms with Crippen molar-refractivity contribution in [1.82, 2.24) is 4.90 Å². The molecule has 114 valence electrons. The molecular formula is C20H23NO. The van der Waals surface area contributed by atoms with Gasteiger partial charge in [0, 0.05) is 13.1 Å². The highest BCUT2D eigenvalue weighted by molar-refractivity contribution is 5.79. The number of carbonyl (C=O) groups is 1. The Bertz CT molecular complexity index is 618. The molecule has 1 heterocycles. The lowest BCUT2D eigenvalue weighted by Gasteiger charge is -2.31. The number of piperidine rings is 1. The van der Waals surface area contributed by atoms with Crippen LogP contribution in [-0.4, -0.2) is 23.9 Å². The largest absolute Gasteiger partial charge is 0.342 e. The van der Waals surface area contributed by atoms with Crippen molar-refractivity contribution in [2.75, 3.05) is 13.1 Å². The molecule has 0 N–H and O–H groups in total. The van der Waals surface area contributed by atoms with E-state index in [1.807, 2.05) is 23.1 Å². The van der Waals surface area contributed by atoms with E-state index in [4.69, 9.17) is 0 Å². The summed E-state index contributed by atoms with van der Waals surface area (Å²) in [5.74, 6) is 0.900. The summed E-state index contributed by atoms with van der Waals surface area (Å²) >= 11 is 0. The minimum absolute atomic E-state index is 0.263. The van der Waals surface area contributed by atoms with Crippen LogP contribution < -0.4 is 0 Å². The average molecular weight is 293 g/mol. The Hall–Kier alpha value is -2.09. The highest BCUT2D eigenvalue weighted by atomic mass is 16.2. The van der Waals surface area contributed by atoms with Crippen molar-refractivity contribution in [2.24, 2.45) is 5.92 Å². The maximum Gasteiger partial charge on any atom is 0.226 e. The Morgan fingerprint density at radius 1 is 1.05 bits per heavy atom. The Balaban J connectivity index is 1.65. The van der Waals surface area contributed by atoms with E-state index in [1.54, 1.807) is 0 Å². The summed E-state index contributed by atoms with van der Waals surface area (Å²) in [4.78, 5) is 14.4. The van der Waals surface area contributed by atoms with Crippen LogP contribution >= 0.6 is 0 Å². The van der Waals surface area contributed by atoms with Gasteiger partial charge in [-0.1, -0.05) is 61.5 Å². The molecule has 2 aromatic carbocycles. The third-order valence-electron chi connectivity index (χ3n) is 4.43. The van der Waals surface area contributed by atoms with Crippen LogP contribution in [0.15, 0.2) is 54.6 Å². The fourth-order valence-electron chi connectivity index (χ4n) is 3.15. The minimum atomic E-state index is 0.263. The number of hydrogen-bond acceptors (Lipinski definition) is 1. The number of benzene rings is 2. The van der Waals surface area contributed by atoms with Crippen LogP contribution in [0.4, 0.5) is 0 Å². The normalized spacial score (nSPS) is 18.2. The number of nitrogens with zero attached hydrogens (tertiary/aromatic N) is 1. The molecule has 22 heavy (non-hydrogen) atoms. The molecule has 3 rings (SSSR count). The maximum absolute atomic E-state index is 12.4. The van der Waals surface area contributed by atoms with E-state index in [-0.39, 0.29) is 5.91 Å². The van der Waals surface area contributed by atoms with Crippen molar-refractivity contribution in [3.8, 4) is 11.1 Å². The van der Waals surface area contributed by atoms with E-state index < -0.39 is 0 Å². The third kappa shape index (κ3) is 3.56. The average Bonchev–Trinajstić information content (AvgIpc) is 2.56. The predicted octanol–water partition coefficient (Wildman–Crippen LogP) is 4.15. The first-order valence-electron chi connectivity index (χ1n) is 8.14. The highest BCUT2D eigenvalue weighted by Gasteiger charge is 2.20. The van der Waals surface area contributed by atoms with Gasteiger partial charge in [0.25, 0.3) is 0 Å². The number of hydrogen-bond donors (Lipinski definition) is 0. The lowest BCUT2D eigenvalue weighted by molar-refractivity contribution is -0.132. The molecule has 0 saturated carbocycles. The summed E-state index contributed by atoms with van der Waals surface area (Å²) in [5, 5.41) is 0. The van der Waals surface area contributed by atoms with Gasteiger partial charge in [-0.15, -0.1) is 0 Å². The van der Waals surface area contributed by atoms with E-state index in [2.05, 4.69) is 43.3 Å². The van der Waals surface area contributed by atoms with Crippen LogP contribution in [0.3, 0.4) is 0 Å². The lowest BCUT2D eigenvalue weighted by Crippen LogP contribution is -2.39. The first-order chi connectivity index (χ1) is 10.7. The van der Waals surface area contributed by atoms with Crippen LogP contribution in [0.2, 0.25) is 0 Å². The van der Waals surface area contributed by atoms with Gasteiger partial charge in [-0.2, -0.15) is 0 Å². The van der Waals surface area contributed by atoms with Crippen LogP contribution in [0.5, 0.6) is 0 Å².